The Labute approximate surface area is 115 Å². The van der Waals surface area contributed by atoms with Crippen molar-refractivity contribution in [3.05, 3.63) is 29.6 Å². The third kappa shape index (κ3) is 4.03. The van der Waals surface area contributed by atoms with E-state index in [2.05, 4.69) is 16.8 Å². The van der Waals surface area contributed by atoms with Crippen molar-refractivity contribution in [3.63, 3.8) is 0 Å². The predicted molar refractivity (Wildman–Crippen MR) is 78.2 cm³/mol. The van der Waals surface area contributed by atoms with E-state index in [4.69, 9.17) is 11.1 Å². The molecule has 0 radical (unpaired) electrons. The largest absolute Gasteiger partial charge is 0.382 e. The summed E-state index contributed by atoms with van der Waals surface area (Å²) in [4.78, 5) is 6.62. The van der Waals surface area contributed by atoms with Gasteiger partial charge in [0.25, 0.3) is 0 Å². The highest BCUT2D eigenvalue weighted by Gasteiger charge is 2.15. The number of likely N-dealkylation sites (tertiary alicyclic amines) is 1. The van der Waals surface area contributed by atoms with Crippen LogP contribution in [0.25, 0.3) is 0 Å². The molecule has 1 atom stereocenters. The number of amidine groups is 1. The number of nitrogens with one attached hydrogen (secondary N) is 1. The molecule has 0 bridgehead atoms. The normalized spacial score (nSPS) is 21.0. The molecule has 0 saturated carbocycles. The van der Waals surface area contributed by atoms with Crippen LogP contribution in [0.15, 0.2) is 18.3 Å². The number of pyridine rings is 1. The summed E-state index contributed by atoms with van der Waals surface area (Å²) >= 11 is 0. The minimum absolute atomic E-state index is 0.0452. The van der Waals surface area contributed by atoms with Crippen molar-refractivity contribution < 1.29 is 0 Å². The van der Waals surface area contributed by atoms with Gasteiger partial charge in [-0.2, -0.15) is 0 Å². The fourth-order valence-electron chi connectivity index (χ4n) is 2.77. The first kappa shape index (κ1) is 14.0. The van der Waals surface area contributed by atoms with Gasteiger partial charge in [-0.25, -0.2) is 0 Å². The Balaban J connectivity index is 1.97. The number of rotatable bonds is 4. The Morgan fingerprint density at radius 3 is 3.05 bits per heavy atom. The van der Waals surface area contributed by atoms with Crippen LogP contribution in [0.1, 0.15) is 43.9 Å². The minimum Gasteiger partial charge on any atom is -0.382 e. The summed E-state index contributed by atoms with van der Waals surface area (Å²) in [5.74, 6) is 0.944. The lowest BCUT2D eigenvalue weighted by Gasteiger charge is -2.20. The van der Waals surface area contributed by atoms with Gasteiger partial charge in [-0.05, 0) is 56.0 Å². The molecule has 0 amide bonds. The maximum atomic E-state index is 7.44. The van der Waals surface area contributed by atoms with Crippen molar-refractivity contribution in [3.8, 4) is 0 Å². The van der Waals surface area contributed by atoms with Crippen LogP contribution < -0.4 is 5.73 Å². The SMILES string of the molecule is CCC1CCCN(Cc2ccnc(C(=N)N)c2)CC1. The number of hydrogen-bond acceptors (Lipinski definition) is 3. The number of aromatic nitrogens is 1. The van der Waals surface area contributed by atoms with E-state index in [-0.39, 0.29) is 5.84 Å². The fourth-order valence-corrected chi connectivity index (χ4v) is 2.77. The molecule has 1 aliphatic heterocycles. The van der Waals surface area contributed by atoms with E-state index in [1.807, 2.05) is 12.1 Å². The van der Waals surface area contributed by atoms with Crippen molar-refractivity contribution >= 4 is 5.84 Å². The third-order valence-corrected chi connectivity index (χ3v) is 4.02. The van der Waals surface area contributed by atoms with Crippen LogP contribution in [-0.2, 0) is 6.54 Å². The zero-order valence-electron chi connectivity index (χ0n) is 11.7. The van der Waals surface area contributed by atoms with Crippen molar-refractivity contribution in [2.24, 2.45) is 11.7 Å². The zero-order valence-corrected chi connectivity index (χ0v) is 11.7. The number of nitrogen functional groups attached to an aromatic ring is 1. The molecule has 0 aromatic carbocycles. The molecule has 1 fully saturated rings. The van der Waals surface area contributed by atoms with E-state index in [1.165, 1.54) is 44.3 Å². The molecule has 1 aromatic heterocycles. The molecule has 1 saturated heterocycles. The maximum absolute atomic E-state index is 7.44. The monoisotopic (exact) mass is 260 g/mol. The second-order valence-corrected chi connectivity index (χ2v) is 5.44. The molecule has 0 spiro atoms. The van der Waals surface area contributed by atoms with Crippen LogP contribution in [-0.4, -0.2) is 28.8 Å². The van der Waals surface area contributed by atoms with Gasteiger partial charge >= 0.3 is 0 Å². The Bertz CT molecular complexity index is 430. The number of nitrogens with two attached hydrogens (primary N) is 1. The van der Waals surface area contributed by atoms with Gasteiger partial charge in [0.1, 0.15) is 11.5 Å². The second kappa shape index (κ2) is 6.66. The van der Waals surface area contributed by atoms with Crippen LogP contribution in [0.3, 0.4) is 0 Å². The quantitative estimate of drug-likeness (QED) is 0.645. The van der Waals surface area contributed by atoms with Crippen LogP contribution in [0.5, 0.6) is 0 Å². The smallest absolute Gasteiger partial charge is 0.141 e. The molecule has 1 aliphatic rings. The Hall–Kier alpha value is -1.42. The van der Waals surface area contributed by atoms with Gasteiger partial charge < -0.3 is 5.73 Å². The molecule has 1 aromatic rings. The summed E-state index contributed by atoms with van der Waals surface area (Å²) in [6.07, 6.45) is 7.02. The topological polar surface area (TPSA) is 66.0 Å². The molecule has 1 unspecified atom stereocenters. The average molecular weight is 260 g/mol. The molecule has 2 heterocycles. The van der Waals surface area contributed by atoms with Gasteiger partial charge in [0.2, 0.25) is 0 Å². The molecule has 0 aliphatic carbocycles. The van der Waals surface area contributed by atoms with Crippen molar-refractivity contribution in [2.45, 2.75) is 39.2 Å². The standard InChI is InChI=1S/C15H24N4/c1-2-12-4-3-8-19(9-6-12)11-13-5-7-18-14(10-13)15(16)17/h5,7,10,12H,2-4,6,8-9,11H2,1H3,(H3,16,17). The highest BCUT2D eigenvalue weighted by Crippen LogP contribution is 2.21. The summed E-state index contributed by atoms with van der Waals surface area (Å²) in [6.45, 7) is 5.59. The Kier molecular flexibility index (Phi) is 4.91. The van der Waals surface area contributed by atoms with Crippen molar-refractivity contribution in [2.75, 3.05) is 13.1 Å². The van der Waals surface area contributed by atoms with Crippen molar-refractivity contribution in [1.29, 1.82) is 5.41 Å². The first-order chi connectivity index (χ1) is 9.19. The van der Waals surface area contributed by atoms with E-state index < -0.39 is 0 Å². The Morgan fingerprint density at radius 2 is 2.32 bits per heavy atom. The first-order valence-corrected chi connectivity index (χ1v) is 7.20. The molecular weight excluding hydrogens is 236 g/mol. The second-order valence-electron chi connectivity index (χ2n) is 5.44. The Morgan fingerprint density at radius 1 is 1.47 bits per heavy atom. The predicted octanol–water partition coefficient (Wildman–Crippen LogP) is 2.38. The van der Waals surface area contributed by atoms with E-state index in [1.54, 1.807) is 6.20 Å². The van der Waals surface area contributed by atoms with E-state index in [9.17, 15) is 0 Å². The lowest BCUT2D eigenvalue weighted by Crippen LogP contribution is -2.24. The van der Waals surface area contributed by atoms with Gasteiger partial charge in [0, 0.05) is 12.7 Å². The lowest BCUT2D eigenvalue weighted by atomic mass is 9.98. The summed E-state index contributed by atoms with van der Waals surface area (Å²) in [7, 11) is 0. The van der Waals surface area contributed by atoms with Gasteiger partial charge in [-0.15, -0.1) is 0 Å². The molecule has 3 N–H and O–H groups in total. The van der Waals surface area contributed by atoms with E-state index in [0.29, 0.717) is 5.69 Å². The molecule has 2 rings (SSSR count). The molecule has 4 nitrogen and oxygen atoms in total. The van der Waals surface area contributed by atoms with Crippen molar-refractivity contribution in [1.82, 2.24) is 9.88 Å². The van der Waals surface area contributed by atoms with Crippen LogP contribution in [0, 0.1) is 11.3 Å². The van der Waals surface area contributed by atoms with Gasteiger partial charge in [-0.3, -0.25) is 15.3 Å². The van der Waals surface area contributed by atoms with E-state index in [0.717, 1.165) is 12.5 Å². The highest BCUT2D eigenvalue weighted by atomic mass is 15.1. The number of nitrogens with zero attached hydrogens (tertiary/aromatic N) is 2. The lowest BCUT2D eigenvalue weighted by molar-refractivity contribution is 0.272. The summed E-state index contributed by atoms with van der Waals surface area (Å²) in [5.41, 5.74) is 7.27. The molecular formula is C15H24N4. The number of hydrogen-bond donors (Lipinski definition) is 2. The van der Waals surface area contributed by atoms with Crippen LogP contribution >= 0.6 is 0 Å². The highest BCUT2D eigenvalue weighted by molar-refractivity contribution is 5.93. The van der Waals surface area contributed by atoms with Crippen LogP contribution in [0.4, 0.5) is 0 Å². The minimum atomic E-state index is 0.0452. The third-order valence-electron chi connectivity index (χ3n) is 4.02. The fraction of sp³-hybridized carbons (Fsp3) is 0.600. The molecule has 19 heavy (non-hydrogen) atoms. The van der Waals surface area contributed by atoms with Gasteiger partial charge in [0.15, 0.2) is 0 Å². The summed E-state index contributed by atoms with van der Waals surface area (Å²) in [5, 5.41) is 7.44. The average Bonchev–Trinajstić information content (AvgIpc) is 2.64. The van der Waals surface area contributed by atoms with Crippen LogP contribution in [0.2, 0.25) is 0 Å². The molecule has 104 valence electrons. The molecule has 4 heteroatoms. The summed E-state index contributed by atoms with van der Waals surface area (Å²) < 4.78 is 0. The zero-order chi connectivity index (χ0) is 13.7. The first-order valence-electron chi connectivity index (χ1n) is 7.20. The summed E-state index contributed by atoms with van der Waals surface area (Å²) in [6, 6.07) is 3.96. The van der Waals surface area contributed by atoms with E-state index >= 15 is 0 Å². The van der Waals surface area contributed by atoms with Gasteiger partial charge in [-0.1, -0.05) is 13.3 Å². The maximum Gasteiger partial charge on any atom is 0.141 e. The van der Waals surface area contributed by atoms with Gasteiger partial charge in [0.05, 0.1) is 0 Å².